The summed E-state index contributed by atoms with van der Waals surface area (Å²) in [4.78, 5) is 0. The van der Waals surface area contributed by atoms with E-state index in [0.717, 1.165) is 12.1 Å². The van der Waals surface area contributed by atoms with Crippen molar-refractivity contribution in [1.82, 2.24) is 0 Å². The van der Waals surface area contributed by atoms with Crippen LogP contribution < -0.4 is 5.73 Å². The van der Waals surface area contributed by atoms with Crippen LogP contribution in [-0.4, -0.2) is 11.3 Å². The van der Waals surface area contributed by atoms with E-state index in [-0.39, 0.29) is 18.0 Å². The summed E-state index contributed by atoms with van der Waals surface area (Å²) in [5, 5.41) is 9.25. The van der Waals surface area contributed by atoms with E-state index >= 15 is 0 Å². The number of alkyl halides is 3. The minimum atomic E-state index is -4.69. The van der Waals surface area contributed by atoms with Crippen molar-refractivity contribution in [3.05, 3.63) is 29.8 Å². The Morgan fingerprint density at radius 2 is 1.53 bits per heavy atom. The van der Waals surface area contributed by atoms with Gasteiger partial charge in [-0.3, -0.25) is 0 Å². The second kappa shape index (κ2) is 4.28. The number of nitrogens with two attached hydrogens (primary N) is 1. The zero-order valence-electron chi connectivity index (χ0n) is 7.88. The quantitative estimate of drug-likeness (QED) is 0.742. The van der Waals surface area contributed by atoms with Crippen LogP contribution >= 0.6 is 12.4 Å². The highest BCUT2D eigenvalue weighted by Gasteiger charge is 2.50. The second-order valence-corrected chi connectivity index (χ2v) is 3.19. The molecule has 0 aliphatic rings. The molecule has 0 amide bonds. The number of rotatable bonds is 1. The second-order valence-electron chi connectivity index (χ2n) is 3.19. The molecule has 0 bridgehead atoms. The molecule has 0 saturated heterocycles. The molecule has 0 aliphatic heterocycles. The van der Waals surface area contributed by atoms with Gasteiger partial charge in [-0.2, -0.15) is 13.2 Å². The summed E-state index contributed by atoms with van der Waals surface area (Å²) in [5.74, 6) is 0. The average molecular weight is 242 g/mol. The zero-order chi connectivity index (χ0) is 11.0. The maximum absolute atomic E-state index is 12.3. The molecule has 0 aromatic heterocycles. The van der Waals surface area contributed by atoms with Gasteiger partial charge in [0, 0.05) is 5.69 Å². The Balaban J connectivity index is 0.00000196. The molecular formula is C9H11ClF3NO. The van der Waals surface area contributed by atoms with Gasteiger partial charge in [-0.25, -0.2) is 0 Å². The van der Waals surface area contributed by atoms with Gasteiger partial charge in [0.05, 0.1) is 0 Å². The van der Waals surface area contributed by atoms with E-state index in [2.05, 4.69) is 0 Å². The summed E-state index contributed by atoms with van der Waals surface area (Å²) in [5.41, 5.74) is 2.61. The minimum Gasteiger partial charge on any atom is -0.399 e. The molecule has 0 saturated carbocycles. The lowest BCUT2D eigenvalue weighted by Crippen LogP contribution is -2.39. The molecule has 86 valence electrons. The monoisotopic (exact) mass is 241 g/mol. The first kappa shape index (κ1) is 14.1. The molecule has 1 aromatic carbocycles. The molecule has 15 heavy (non-hydrogen) atoms. The zero-order valence-corrected chi connectivity index (χ0v) is 8.69. The first-order chi connectivity index (χ1) is 6.25. The first-order valence-electron chi connectivity index (χ1n) is 3.90. The Kier molecular flexibility index (Phi) is 4.01. The van der Waals surface area contributed by atoms with Gasteiger partial charge in [0.25, 0.3) is 0 Å². The first-order valence-corrected chi connectivity index (χ1v) is 3.90. The van der Waals surface area contributed by atoms with Crippen LogP contribution in [0.1, 0.15) is 12.5 Å². The fraction of sp³-hybridized carbons (Fsp3) is 0.333. The molecule has 2 nitrogen and oxygen atoms in total. The number of benzene rings is 1. The molecule has 0 heterocycles. The highest BCUT2D eigenvalue weighted by molar-refractivity contribution is 5.85. The van der Waals surface area contributed by atoms with Crippen LogP contribution in [0.15, 0.2) is 24.3 Å². The predicted molar refractivity (Wildman–Crippen MR) is 53.7 cm³/mol. The minimum absolute atomic E-state index is 0. The largest absolute Gasteiger partial charge is 0.421 e. The molecule has 3 N–H and O–H groups in total. The molecule has 1 rings (SSSR count). The Hall–Kier alpha value is -0.940. The van der Waals surface area contributed by atoms with E-state index in [1.807, 2.05) is 0 Å². The van der Waals surface area contributed by atoms with Crippen LogP contribution in [0.5, 0.6) is 0 Å². The summed E-state index contributed by atoms with van der Waals surface area (Å²) in [6.45, 7) is 0.707. The smallest absolute Gasteiger partial charge is 0.399 e. The summed E-state index contributed by atoms with van der Waals surface area (Å²) in [7, 11) is 0. The van der Waals surface area contributed by atoms with Crippen LogP contribution in [0.3, 0.4) is 0 Å². The maximum Gasteiger partial charge on any atom is 0.421 e. The van der Waals surface area contributed by atoms with Crippen molar-refractivity contribution in [2.24, 2.45) is 0 Å². The number of halogens is 4. The summed E-state index contributed by atoms with van der Waals surface area (Å²) in [6.07, 6.45) is -4.69. The highest BCUT2D eigenvalue weighted by atomic mass is 35.5. The molecule has 0 aliphatic carbocycles. The molecule has 0 fully saturated rings. The van der Waals surface area contributed by atoms with Crippen molar-refractivity contribution in [1.29, 1.82) is 0 Å². The number of aliphatic hydroxyl groups is 1. The molecule has 1 aromatic rings. The lowest BCUT2D eigenvalue weighted by atomic mass is 9.95. The average Bonchev–Trinajstić information content (AvgIpc) is 2.03. The lowest BCUT2D eigenvalue weighted by Gasteiger charge is -2.26. The van der Waals surface area contributed by atoms with Crippen molar-refractivity contribution in [3.63, 3.8) is 0 Å². The summed E-state index contributed by atoms with van der Waals surface area (Å²) in [6, 6.07) is 4.94. The van der Waals surface area contributed by atoms with Gasteiger partial charge in [-0.15, -0.1) is 12.4 Å². The highest BCUT2D eigenvalue weighted by Crippen LogP contribution is 2.38. The van der Waals surface area contributed by atoms with E-state index in [0.29, 0.717) is 12.6 Å². The number of nitrogen functional groups attached to an aromatic ring is 1. The molecular weight excluding hydrogens is 231 g/mol. The normalized spacial score (nSPS) is 15.3. The number of hydrogen-bond donors (Lipinski definition) is 2. The third-order valence-corrected chi connectivity index (χ3v) is 2.02. The van der Waals surface area contributed by atoms with Gasteiger partial charge in [0.1, 0.15) is 0 Å². The topological polar surface area (TPSA) is 46.2 Å². The molecule has 0 unspecified atom stereocenters. The third kappa shape index (κ3) is 2.76. The van der Waals surface area contributed by atoms with E-state index in [1.54, 1.807) is 0 Å². The lowest BCUT2D eigenvalue weighted by molar-refractivity contribution is -0.258. The van der Waals surface area contributed by atoms with Crippen LogP contribution in [0.2, 0.25) is 0 Å². The standard InChI is InChI=1S/C9H10F3NO.ClH/c1-8(14,9(10,11)12)6-2-4-7(13)5-3-6;/h2-5,14H,13H2,1H3;1H/t8-;/m1./s1. The van der Waals surface area contributed by atoms with Gasteiger partial charge < -0.3 is 10.8 Å². The van der Waals surface area contributed by atoms with Gasteiger partial charge in [0.2, 0.25) is 0 Å². The number of hydrogen-bond acceptors (Lipinski definition) is 2. The van der Waals surface area contributed by atoms with Crippen molar-refractivity contribution in [3.8, 4) is 0 Å². The predicted octanol–water partition coefficient (Wildman–Crippen LogP) is 2.46. The van der Waals surface area contributed by atoms with Crippen molar-refractivity contribution in [2.45, 2.75) is 18.7 Å². The maximum atomic E-state index is 12.3. The van der Waals surface area contributed by atoms with Gasteiger partial charge in [-0.1, -0.05) is 12.1 Å². The van der Waals surface area contributed by atoms with Crippen molar-refractivity contribution in [2.75, 3.05) is 5.73 Å². The van der Waals surface area contributed by atoms with Crippen LogP contribution in [0, 0.1) is 0 Å². The van der Waals surface area contributed by atoms with E-state index < -0.39 is 11.8 Å². The van der Waals surface area contributed by atoms with Crippen LogP contribution in [0.25, 0.3) is 0 Å². The molecule has 0 radical (unpaired) electrons. The SMILES string of the molecule is C[C@@](O)(c1ccc(N)cc1)C(F)(F)F.Cl. The van der Waals surface area contributed by atoms with Crippen molar-refractivity contribution >= 4 is 18.1 Å². The van der Waals surface area contributed by atoms with Crippen LogP contribution in [-0.2, 0) is 5.60 Å². The Labute approximate surface area is 91.3 Å². The fourth-order valence-corrected chi connectivity index (χ4v) is 0.971. The van der Waals surface area contributed by atoms with E-state index in [9.17, 15) is 18.3 Å². The van der Waals surface area contributed by atoms with E-state index in [4.69, 9.17) is 5.73 Å². The van der Waals surface area contributed by atoms with Crippen LogP contribution in [0.4, 0.5) is 18.9 Å². The van der Waals surface area contributed by atoms with E-state index in [1.165, 1.54) is 12.1 Å². The van der Waals surface area contributed by atoms with Gasteiger partial charge >= 0.3 is 6.18 Å². The van der Waals surface area contributed by atoms with Gasteiger partial charge in [0.15, 0.2) is 5.60 Å². The summed E-state index contributed by atoms with van der Waals surface area (Å²) >= 11 is 0. The fourth-order valence-electron chi connectivity index (χ4n) is 0.971. The Morgan fingerprint density at radius 3 is 1.87 bits per heavy atom. The van der Waals surface area contributed by atoms with Crippen molar-refractivity contribution < 1.29 is 18.3 Å². The van der Waals surface area contributed by atoms with Gasteiger partial charge in [-0.05, 0) is 24.6 Å². The molecule has 6 heteroatoms. The third-order valence-electron chi connectivity index (χ3n) is 2.02. The molecule has 0 spiro atoms. The Morgan fingerprint density at radius 1 is 1.13 bits per heavy atom. The number of anilines is 1. The summed E-state index contributed by atoms with van der Waals surface area (Å²) < 4.78 is 37.0. The molecule has 1 atom stereocenters. The Bertz CT molecular complexity index is 321.